The highest BCUT2D eigenvalue weighted by Crippen LogP contribution is 2.22. The summed E-state index contributed by atoms with van der Waals surface area (Å²) in [5.74, 6) is -1.00. The molecule has 0 aromatic carbocycles. The molecule has 0 aliphatic carbocycles. The number of hydrogen-bond acceptors (Lipinski definition) is 14. The van der Waals surface area contributed by atoms with Crippen molar-refractivity contribution >= 4 is 38.2 Å². The van der Waals surface area contributed by atoms with Crippen molar-refractivity contribution < 1.29 is 64.0 Å². The predicted molar refractivity (Wildman–Crippen MR) is 138 cm³/mol. The van der Waals surface area contributed by atoms with Gasteiger partial charge in [0.05, 0.1) is 45.1 Å². The Morgan fingerprint density at radius 3 is 1.44 bits per heavy atom. The molecule has 8 N–H and O–H groups in total. The molecule has 2 amide bonds. The third kappa shape index (κ3) is 10.7. The topological polar surface area (TPSA) is 237 Å². The maximum atomic E-state index is 12.3. The SMILES string of the molecule is C[C@@H]1O[C@@H](OCCNC(=O)CN(CC(=O)I)CC(=O)NCCO[C@@H]2O[C@@H](C)[C@@H](O)[C@@H](O)[C@@H]2O)[C@@H](O)[C@H](O)[C@@H]1O. The second kappa shape index (κ2) is 16.4. The fourth-order valence-corrected chi connectivity index (χ4v) is 4.38. The zero-order valence-corrected chi connectivity index (χ0v) is 23.7. The van der Waals surface area contributed by atoms with Crippen molar-refractivity contribution in [1.29, 1.82) is 0 Å². The minimum atomic E-state index is -1.47. The quantitative estimate of drug-likeness (QED) is 0.0489. The lowest BCUT2D eigenvalue weighted by Gasteiger charge is -2.38. The Kier molecular flexibility index (Phi) is 14.3. The average molecular weight is 679 g/mol. The van der Waals surface area contributed by atoms with Gasteiger partial charge >= 0.3 is 0 Å². The van der Waals surface area contributed by atoms with Crippen molar-refractivity contribution in [1.82, 2.24) is 15.5 Å². The predicted octanol–water partition coefficient (Wildman–Crippen LogP) is -4.83. The van der Waals surface area contributed by atoms with Crippen molar-refractivity contribution in [2.75, 3.05) is 45.9 Å². The van der Waals surface area contributed by atoms with Gasteiger partial charge in [0.15, 0.2) is 12.6 Å². The molecule has 0 saturated carbocycles. The van der Waals surface area contributed by atoms with Gasteiger partial charge in [-0.25, -0.2) is 0 Å². The van der Waals surface area contributed by atoms with Gasteiger partial charge in [-0.3, -0.25) is 19.3 Å². The van der Waals surface area contributed by atoms with Gasteiger partial charge in [-0.15, -0.1) is 0 Å². The van der Waals surface area contributed by atoms with E-state index in [4.69, 9.17) is 18.9 Å². The number of rotatable bonds is 14. The lowest BCUT2D eigenvalue weighted by molar-refractivity contribution is -0.292. The molecule has 0 spiro atoms. The summed E-state index contributed by atoms with van der Waals surface area (Å²) in [6.45, 7) is 2.16. The van der Waals surface area contributed by atoms with E-state index in [1.165, 1.54) is 18.7 Å². The van der Waals surface area contributed by atoms with E-state index in [0.717, 1.165) is 0 Å². The Labute approximate surface area is 238 Å². The van der Waals surface area contributed by atoms with Crippen LogP contribution in [0.25, 0.3) is 0 Å². The number of carbonyl (C=O) groups excluding carboxylic acids is 3. The lowest BCUT2D eigenvalue weighted by Crippen LogP contribution is -2.57. The maximum Gasteiger partial charge on any atom is 0.234 e. The fourth-order valence-electron chi connectivity index (χ4n) is 3.89. The van der Waals surface area contributed by atoms with Crippen molar-refractivity contribution in [3.63, 3.8) is 0 Å². The first kappa shape index (κ1) is 34.1. The first-order valence-corrected chi connectivity index (χ1v) is 13.5. The lowest BCUT2D eigenvalue weighted by atomic mass is 10.0. The molecule has 2 fully saturated rings. The molecular formula is C22H38IN3O13. The third-order valence-electron chi connectivity index (χ3n) is 6.11. The van der Waals surface area contributed by atoms with E-state index in [9.17, 15) is 45.0 Å². The van der Waals surface area contributed by atoms with Gasteiger partial charge in [-0.2, -0.15) is 0 Å². The molecule has 0 unspecified atom stereocenters. The number of carbonyl (C=O) groups is 3. The standard InChI is InChI=1S/C22H38IN3O13/c1-10-15(30)17(32)19(34)21(38-10)36-5-3-24-13(28)8-26(7-12(23)27)9-14(29)25-4-6-37-22-20(35)18(33)16(31)11(2)39-22/h10-11,15-22,30-35H,3-9H2,1-2H3,(H,24,28)(H,25,29)/t10-,11-,15+,16+,17+,18+,19-,20-,21+,22+/m0/s1. The van der Waals surface area contributed by atoms with Crippen molar-refractivity contribution in [2.45, 2.75) is 75.3 Å². The summed E-state index contributed by atoms with van der Waals surface area (Å²) in [7, 11) is 0. The molecule has 0 aromatic heterocycles. The molecule has 2 rings (SSSR count). The second-order valence-corrected chi connectivity index (χ2v) is 10.5. The molecule has 2 aliphatic rings. The van der Waals surface area contributed by atoms with Crippen LogP contribution < -0.4 is 10.6 Å². The minimum Gasteiger partial charge on any atom is -0.388 e. The number of aliphatic hydroxyl groups is 6. The molecule has 0 aromatic rings. The number of nitrogens with one attached hydrogen (secondary N) is 2. The summed E-state index contributed by atoms with van der Waals surface area (Å²) in [5.41, 5.74) is 0. The van der Waals surface area contributed by atoms with Crippen molar-refractivity contribution in [2.24, 2.45) is 0 Å². The first-order valence-electron chi connectivity index (χ1n) is 12.4. The van der Waals surface area contributed by atoms with Crippen molar-refractivity contribution in [3.05, 3.63) is 0 Å². The molecule has 16 nitrogen and oxygen atoms in total. The summed E-state index contributed by atoms with van der Waals surface area (Å²) >= 11 is 1.55. The van der Waals surface area contributed by atoms with Crippen LogP contribution in [0.4, 0.5) is 0 Å². The highest BCUT2D eigenvalue weighted by Gasteiger charge is 2.43. The van der Waals surface area contributed by atoms with Gasteiger partial charge < -0.3 is 60.2 Å². The largest absolute Gasteiger partial charge is 0.388 e. The van der Waals surface area contributed by atoms with E-state index in [1.54, 1.807) is 22.6 Å². The van der Waals surface area contributed by atoms with Gasteiger partial charge in [-0.1, -0.05) is 0 Å². The number of aliphatic hydroxyl groups excluding tert-OH is 6. The smallest absolute Gasteiger partial charge is 0.234 e. The molecule has 0 bridgehead atoms. The van der Waals surface area contributed by atoms with Crippen LogP contribution in [-0.2, 0) is 33.3 Å². The third-order valence-corrected chi connectivity index (χ3v) is 6.45. The van der Waals surface area contributed by atoms with Gasteiger partial charge in [0.25, 0.3) is 0 Å². The molecule has 2 saturated heterocycles. The molecular weight excluding hydrogens is 641 g/mol. The number of ether oxygens (including phenoxy) is 4. The summed E-state index contributed by atoms with van der Waals surface area (Å²) in [6.07, 6.45) is -12.3. The summed E-state index contributed by atoms with van der Waals surface area (Å²) in [4.78, 5) is 37.5. The van der Waals surface area contributed by atoms with E-state index in [-0.39, 0.29) is 49.7 Å². The zero-order chi connectivity index (χ0) is 29.3. The summed E-state index contributed by atoms with van der Waals surface area (Å²) in [5, 5.41) is 64.0. The van der Waals surface area contributed by atoms with E-state index >= 15 is 0 Å². The highest BCUT2D eigenvalue weighted by atomic mass is 127. The monoisotopic (exact) mass is 679 g/mol. The number of halogens is 1. The van der Waals surface area contributed by atoms with Crippen LogP contribution in [0.5, 0.6) is 0 Å². The van der Waals surface area contributed by atoms with Crippen LogP contribution in [0.1, 0.15) is 13.8 Å². The first-order chi connectivity index (χ1) is 18.3. The second-order valence-electron chi connectivity index (χ2n) is 9.30. The number of nitrogens with zero attached hydrogens (tertiary/aromatic N) is 1. The van der Waals surface area contributed by atoms with Gasteiger partial charge in [-0.05, 0) is 13.8 Å². The Morgan fingerprint density at radius 2 is 1.08 bits per heavy atom. The zero-order valence-electron chi connectivity index (χ0n) is 21.6. The van der Waals surface area contributed by atoms with Crippen LogP contribution in [0.3, 0.4) is 0 Å². The Balaban J connectivity index is 1.69. The molecule has 2 heterocycles. The summed E-state index contributed by atoms with van der Waals surface area (Å²) < 4.78 is 21.0. The maximum absolute atomic E-state index is 12.3. The van der Waals surface area contributed by atoms with Crippen LogP contribution in [-0.4, -0.2) is 158 Å². The van der Waals surface area contributed by atoms with Gasteiger partial charge in [0.2, 0.25) is 15.6 Å². The van der Waals surface area contributed by atoms with Gasteiger partial charge in [0, 0.05) is 35.7 Å². The summed E-state index contributed by atoms with van der Waals surface area (Å²) in [6, 6.07) is 0. The number of hydrogen-bond donors (Lipinski definition) is 8. The van der Waals surface area contributed by atoms with Crippen LogP contribution >= 0.6 is 22.6 Å². The molecule has 2 aliphatic heterocycles. The highest BCUT2D eigenvalue weighted by molar-refractivity contribution is 14.1. The molecule has 39 heavy (non-hydrogen) atoms. The van der Waals surface area contributed by atoms with Crippen LogP contribution in [0.2, 0.25) is 0 Å². The Bertz CT molecular complexity index is 755. The molecule has 0 radical (unpaired) electrons. The average Bonchev–Trinajstić information content (AvgIpc) is 2.87. The fraction of sp³-hybridized carbons (Fsp3) is 0.864. The minimum absolute atomic E-state index is 0.00737. The van der Waals surface area contributed by atoms with Crippen LogP contribution in [0, 0.1) is 0 Å². The molecule has 17 heteroatoms. The van der Waals surface area contributed by atoms with Gasteiger partial charge in [0.1, 0.15) is 36.6 Å². The molecule has 10 atom stereocenters. The van der Waals surface area contributed by atoms with E-state index in [0.29, 0.717) is 0 Å². The normalized spacial score (nSPS) is 35.0. The van der Waals surface area contributed by atoms with E-state index in [2.05, 4.69) is 10.6 Å². The van der Waals surface area contributed by atoms with E-state index in [1.807, 2.05) is 0 Å². The van der Waals surface area contributed by atoms with Crippen molar-refractivity contribution in [3.8, 4) is 0 Å². The number of amides is 2. The Hall–Kier alpha value is -1.10. The molecule has 226 valence electrons. The van der Waals surface area contributed by atoms with E-state index < -0.39 is 73.2 Å². The van der Waals surface area contributed by atoms with Crippen LogP contribution in [0.15, 0.2) is 0 Å². The Morgan fingerprint density at radius 1 is 0.692 bits per heavy atom.